The van der Waals surface area contributed by atoms with Crippen molar-refractivity contribution in [1.82, 2.24) is 0 Å². The van der Waals surface area contributed by atoms with Crippen LogP contribution in [-0.4, -0.2) is 11.1 Å². The molecule has 5 heteroatoms. The third-order valence-corrected chi connectivity index (χ3v) is 1.98. The maximum atomic E-state index is 13.2. The molecule has 1 rings (SSSR count). The van der Waals surface area contributed by atoms with Gasteiger partial charge in [-0.15, -0.1) is 0 Å². The number of carbonyl (C=O) groups is 1. The van der Waals surface area contributed by atoms with Crippen molar-refractivity contribution < 1.29 is 18.7 Å². The number of nitrogen functional groups attached to an aromatic ring is 1. The predicted octanol–water partition coefficient (Wildman–Crippen LogP) is 1.74. The minimum atomic E-state index is -1.21. The molecule has 3 N–H and O–H groups in total. The van der Waals surface area contributed by atoms with Crippen LogP contribution in [0.2, 0.25) is 0 Å². The van der Waals surface area contributed by atoms with E-state index in [1.807, 2.05) is 0 Å². The molecule has 0 saturated carbocycles. The average molecular weight is 201 g/mol. The van der Waals surface area contributed by atoms with Crippen molar-refractivity contribution in [2.75, 3.05) is 5.73 Å². The SMILES string of the molecule is C[C@H](C(=O)O)c1ccc(N)c(F)c1F. The molecule has 76 valence electrons. The highest BCUT2D eigenvalue weighted by molar-refractivity contribution is 5.75. The fraction of sp³-hybridized carbons (Fsp3) is 0.222. The highest BCUT2D eigenvalue weighted by Crippen LogP contribution is 2.24. The zero-order chi connectivity index (χ0) is 10.9. The first-order valence-electron chi connectivity index (χ1n) is 3.91. The number of hydrogen-bond donors (Lipinski definition) is 2. The Morgan fingerprint density at radius 1 is 1.43 bits per heavy atom. The van der Waals surface area contributed by atoms with Gasteiger partial charge >= 0.3 is 5.97 Å². The summed E-state index contributed by atoms with van der Waals surface area (Å²) in [7, 11) is 0. The summed E-state index contributed by atoms with van der Waals surface area (Å²) in [5.41, 5.74) is 4.57. The number of rotatable bonds is 2. The van der Waals surface area contributed by atoms with E-state index in [1.54, 1.807) is 0 Å². The molecule has 0 radical (unpaired) electrons. The van der Waals surface area contributed by atoms with Gasteiger partial charge in [-0.3, -0.25) is 4.79 Å². The van der Waals surface area contributed by atoms with E-state index in [2.05, 4.69) is 0 Å². The Labute approximate surface area is 79.2 Å². The number of aliphatic carboxylic acids is 1. The van der Waals surface area contributed by atoms with Crippen molar-refractivity contribution in [2.45, 2.75) is 12.8 Å². The lowest BCUT2D eigenvalue weighted by atomic mass is 10.0. The second kappa shape index (κ2) is 3.61. The number of nitrogens with two attached hydrogens (primary N) is 1. The zero-order valence-corrected chi connectivity index (χ0v) is 7.42. The normalized spacial score (nSPS) is 12.5. The summed E-state index contributed by atoms with van der Waals surface area (Å²) < 4.78 is 26.1. The molecule has 0 saturated heterocycles. The van der Waals surface area contributed by atoms with E-state index in [0.717, 1.165) is 6.07 Å². The Morgan fingerprint density at radius 3 is 2.50 bits per heavy atom. The molecule has 0 aliphatic carbocycles. The molecule has 0 unspecified atom stereocenters. The summed E-state index contributed by atoms with van der Waals surface area (Å²) in [5, 5.41) is 8.60. The number of anilines is 1. The predicted molar refractivity (Wildman–Crippen MR) is 46.8 cm³/mol. The second-order valence-electron chi connectivity index (χ2n) is 2.93. The van der Waals surface area contributed by atoms with Crippen LogP contribution in [0, 0.1) is 11.6 Å². The highest BCUT2D eigenvalue weighted by Gasteiger charge is 2.21. The molecule has 0 heterocycles. The van der Waals surface area contributed by atoms with Gasteiger partial charge in [0.2, 0.25) is 0 Å². The van der Waals surface area contributed by atoms with Gasteiger partial charge in [-0.05, 0) is 13.0 Å². The van der Waals surface area contributed by atoms with Gasteiger partial charge in [0.15, 0.2) is 11.6 Å². The maximum absolute atomic E-state index is 13.2. The van der Waals surface area contributed by atoms with Crippen molar-refractivity contribution in [2.24, 2.45) is 0 Å². The summed E-state index contributed by atoms with van der Waals surface area (Å²) in [6.45, 7) is 1.27. The van der Waals surface area contributed by atoms with E-state index >= 15 is 0 Å². The van der Waals surface area contributed by atoms with Crippen LogP contribution < -0.4 is 5.73 Å². The van der Waals surface area contributed by atoms with E-state index in [4.69, 9.17) is 10.8 Å². The molecule has 1 aromatic rings. The van der Waals surface area contributed by atoms with Gasteiger partial charge in [-0.2, -0.15) is 0 Å². The van der Waals surface area contributed by atoms with Crippen LogP contribution in [0.4, 0.5) is 14.5 Å². The van der Waals surface area contributed by atoms with Gasteiger partial charge in [-0.25, -0.2) is 8.78 Å². The Bertz CT molecular complexity index is 379. The molecule has 0 aliphatic rings. The molecule has 14 heavy (non-hydrogen) atoms. The number of hydrogen-bond acceptors (Lipinski definition) is 2. The quantitative estimate of drug-likeness (QED) is 0.716. The number of carboxylic acids is 1. The minimum Gasteiger partial charge on any atom is -0.481 e. The van der Waals surface area contributed by atoms with Crippen molar-refractivity contribution in [3.63, 3.8) is 0 Å². The van der Waals surface area contributed by atoms with E-state index in [9.17, 15) is 13.6 Å². The zero-order valence-electron chi connectivity index (χ0n) is 7.42. The van der Waals surface area contributed by atoms with E-state index in [0.29, 0.717) is 0 Å². The molecule has 1 atom stereocenters. The Kier molecular flexibility index (Phi) is 2.69. The summed E-state index contributed by atoms with van der Waals surface area (Å²) in [6.07, 6.45) is 0. The van der Waals surface area contributed by atoms with Crippen LogP contribution in [0.5, 0.6) is 0 Å². The van der Waals surface area contributed by atoms with Crippen molar-refractivity contribution in [1.29, 1.82) is 0 Å². The van der Waals surface area contributed by atoms with E-state index in [-0.39, 0.29) is 11.3 Å². The lowest BCUT2D eigenvalue weighted by Crippen LogP contribution is -2.11. The van der Waals surface area contributed by atoms with Crippen molar-refractivity contribution in [3.8, 4) is 0 Å². The van der Waals surface area contributed by atoms with Crippen LogP contribution in [0.25, 0.3) is 0 Å². The third-order valence-electron chi connectivity index (χ3n) is 1.98. The minimum absolute atomic E-state index is 0.204. The first kappa shape index (κ1) is 10.4. The molecule has 0 spiro atoms. The number of benzene rings is 1. The topological polar surface area (TPSA) is 63.3 Å². The standard InChI is InChI=1S/C9H9F2NO2/c1-4(9(13)14)5-2-3-6(12)8(11)7(5)10/h2-4H,12H2,1H3,(H,13,14)/t4-/m0/s1. The van der Waals surface area contributed by atoms with Crippen LogP contribution in [0.15, 0.2) is 12.1 Å². The monoisotopic (exact) mass is 201 g/mol. The Hall–Kier alpha value is -1.65. The van der Waals surface area contributed by atoms with Gasteiger partial charge in [0.1, 0.15) is 0 Å². The molecular weight excluding hydrogens is 192 g/mol. The Morgan fingerprint density at radius 2 is 2.00 bits per heavy atom. The molecule has 0 aliphatic heterocycles. The van der Waals surface area contributed by atoms with Crippen LogP contribution in [0.3, 0.4) is 0 Å². The number of carboxylic acid groups (broad SMARTS) is 1. The summed E-state index contributed by atoms with van der Waals surface area (Å²) in [6, 6.07) is 2.32. The van der Waals surface area contributed by atoms with Crippen LogP contribution in [0.1, 0.15) is 18.4 Å². The average Bonchev–Trinajstić information content (AvgIpc) is 2.13. The summed E-state index contributed by atoms with van der Waals surface area (Å²) in [5.74, 6) is -4.70. The van der Waals surface area contributed by atoms with Gasteiger partial charge in [0.25, 0.3) is 0 Å². The summed E-state index contributed by atoms with van der Waals surface area (Å²) >= 11 is 0. The Balaban J connectivity index is 3.24. The van der Waals surface area contributed by atoms with Crippen LogP contribution >= 0.6 is 0 Å². The molecular formula is C9H9F2NO2. The maximum Gasteiger partial charge on any atom is 0.310 e. The van der Waals surface area contributed by atoms with Crippen molar-refractivity contribution in [3.05, 3.63) is 29.3 Å². The first-order chi connectivity index (χ1) is 6.45. The lowest BCUT2D eigenvalue weighted by Gasteiger charge is -2.09. The van der Waals surface area contributed by atoms with Gasteiger partial charge in [0.05, 0.1) is 11.6 Å². The molecule has 3 nitrogen and oxygen atoms in total. The van der Waals surface area contributed by atoms with Crippen LogP contribution in [-0.2, 0) is 4.79 Å². The molecule has 0 bridgehead atoms. The molecule has 0 aromatic heterocycles. The van der Waals surface area contributed by atoms with Gasteiger partial charge in [0, 0.05) is 5.56 Å². The lowest BCUT2D eigenvalue weighted by molar-refractivity contribution is -0.138. The fourth-order valence-electron chi connectivity index (χ4n) is 1.05. The van der Waals surface area contributed by atoms with Crippen molar-refractivity contribution >= 4 is 11.7 Å². The van der Waals surface area contributed by atoms with E-state index in [1.165, 1.54) is 13.0 Å². The second-order valence-corrected chi connectivity index (χ2v) is 2.93. The smallest absolute Gasteiger partial charge is 0.310 e. The third kappa shape index (κ3) is 1.66. The van der Waals surface area contributed by atoms with Gasteiger partial charge in [-0.1, -0.05) is 6.07 Å². The van der Waals surface area contributed by atoms with Gasteiger partial charge < -0.3 is 10.8 Å². The van der Waals surface area contributed by atoms with E-state index < -0.39 is 23.5 Å². The molecule has 1 aromatic carbocycles. The number of halogens is 2. The molecule has 0 fully saturated rings. The summed E-state index contributed by atoms with van der Waals surface area (Å²) in [4.78, 5) is 10.5. The first-order valence-corrected chi connectivity index (χ1v) is 3.91. The molecule has 0 amide bonds. The largest absolute Gasteiger partial charge is 0.481 e. The fourth-order valence-corrected chi connectivity index (χ4v) is 1.05. The highest BCUT2D eigenvalue weighted by atomic mass is 19.2.